The highest BCUT2D eigenvalue weighted by molar-refractivity contribution is 5.80. The molecule has 0 aromatic heterocycles. The Hall–Kier alpha value is -1.59. The van der Waals surface area contributed by atoms with Crippen molar-refractivity contribution in [3.05, 3.63) is 29.8 Å². The fourth-order valence-corrected chi connectivity index (χ4v) is 2.13. The van der Waals surface area contributed by atoms with Gasteiger partial charge in [0.1, 0.15) is 11.4 Å². The molecular formula is C18H28O5. The molecule has 0 aliphatic heterocycles. The minimum Gasteiger partial charge on any atom is -0.494 e. The maximum Gasteiger partial charge on any atom is 0.372 e. The molecule has 130 valence electrons. The second-order valence-corrected chi connectivity index (χ2v) is 5.94. The van der Waals surface area contributed by atoms with Crippen LogP contribution in [0.5, 0.6) is 5.75 Å². The number of ether oxygens (including phenoxy) is 4. The third kappa shape index (κ3) is 5.22. The van der Waals surface area contributed by atoms with Crippen molar-refractivity contribution in [2.45, 2.75) is 52.9 Å². The van der Waals surface area contributed by atoms with Crippen LogP contribution in [0.3, 0.4) is 0 Å². The summed E-state index contributed by atoms with van der Waals surface area (Å²) in [6, 6.07) is 7.10. The molecule has 0 unspecified atom stereocenters. The van der Waals surface area contributed by atoms with E-state index >= 15 is 0 Å². The maximum absolute atomic E-state index is 12.8. The predicted octanol–water partition coefficient (Wildman–Crippen LogP) is 3.65. The Kier molecular flexibility index (Phi) is 7.03. The topological polar surface area (TPSA) is 54.0 Å². The van der Waals surface area contributed by atoms with Crippen molar-refractivity contribution >= 4 is 5.97 Å². The number of hydrogen-bond donors (Lipinski definition) is 0. The summed E-state index contributed by atoms with van der Waals surface area (Å²) in [4.78, 5) is 12.8. The first-order valence-electron chi connectivity index (χ1n) is 8.03. The molecular weight excluding hydrogens is 296 g/mol. The van der Waals surface area contributed by atoms with Crippen LogP contribution in [0.4, 0.5) is 0 Å². The Morgan fingerprint density at radius 2 is 1.43 bits per heavy atom. The van der Waals surface area contributed by atoms with Gasteiger partial charge in [0, 0.05) is 18.8 Å². The van der Waals surface area contributed by atoms with Gasteiger partial charge in [0.15, 0.2) is 0 Å². The van der Waals surface area contributed by atoms with E-state index in [0.29, 0.717) is 25.4 Å². The molecule has 0 saturated heterocycles. The summed E-state index contributed by atoms with van der Waals surface area (Å²) in [5, 5.41) is 0. The summed E-state index contributed by atoms with van der Waals surface area (Å²) < 4.78 is 22.4. The number of hydrogen-bond acceptors (Lipinski definition) is 5. The van der Waals surface area contributed by atoms with Crippen LogP contribution in [-0.2, 0) is 24.8 Å². The first-order chi connectivity index (χ1) is 10.8. The normalized spacial score (nSPS) is 12.1. The molecule has 0 saturated carbocycles. The third-order valence-corrected chi connectivity index (χ3v) is 2.91. The first-order valence-corrected chi connectivity index (χ1v) is 8.03. The zero-order valence-electron chi connectivity index (χ0n) is 15.0. The molecule has 5 nitrogen and oxygen atoms in total. The number of benzene rings is 1. The van der Waals surface area contributed by atoms with E-state index in [1.54, 1.807) is 24.3 Å². The summed E-state index contributed by atoms with van der Waals surface area (Å²) in [6.07, 6.45) is 0. The smallest absolute Gasteiger partial charge is 0.372 e. The summed E-state index contributed by atoms with van der Waals surface area (Å²) >= 11 is 0. The van der Waals surface area contributed by atoms with Gasteiger partial charge in [-0.1, -0.05) is 0 Å². The minimum absolute atomic E-state index is 0.312. The highest BCUT2D eigenvalue weighted by Gasteiger charge is 2.46. The Morgan fingerprint density at radius 1 is 0.913 bits per heavy atom. The summed E-state index contributed by atoms with van der Waals surface area (Å²) in [7, 11) is 0. The highest BCUT2D eigenvalue weighted by Crippen LogP contribution is 2.32. The van der Waals surface area contributed by atoms with E-state index in [1.165, 1.54) is 0 Å². The van der Waals surface area contributed by atoms with E-state index in [4.69, 9.17) is 18.9 Å². The van der Waals surface area contributed by atoms with Gasteiger partial charge in [-0.15, -0.1) is 0 Å². The van der Waals surface area contributed by atoms with Crippen LogP contribution < -0.4 is 4.74 Å². The Balaban J connectivity index is 3.23. The van der Waals surface area contributed by atoms with Crippen LogP contribution in [0.2, 0.25) is 0 Å². The van der Waals surface area contributed by atoms with Gasteiger partial charge < -0.3 is 18.9 Å². The van der Waals surface area contributed by atoms with Gasteiger partial charge in [-0.3, -0.25) is 0 Å². The van der Waals surface area contributed by atoms with Crippen molar-refractivity contribution in [1.82, 2.24) is 0 Å². The molecule has 0 fully saturated rings. The number of esters is 1. The number of carbonyl (C=O) groups excluding carboxylic acids is 1. The van der Waals surface area contributed by atoms with Crippen LogP contribution in [0.1, 0.15) is 47.1 Å². The number of rotatable bonds is 8. The van der Waals surface area contributed by atoms with Gasteiger partial charge >= 0.3 is 5.97 Å². The fourth-order valence-electron chi connectivity index (χ4n) is 2.13. The van der Waals surface area contributed by atoms with Crippen LogP contribution in [0.15, 0.2) is 24.3 Å². The molecule has 1 rings (SSSR count). The first kappa shape index (κ1) is 19.5. The molecule has 0 radical (unpaired) electrons. The summed E-state index contributed by atoms with van der Waals surface area (Å²) in [5.74, 6) is -1.40. The Morgan fingerprint density at radius 3 is 1.83 bits per heavy atom. The average Bonchev–Trinajstić information content (AvgIpc) is 2.46. The number of carbonyl (C=O) groups is 1. The molecule has 23 heavy (non-hydrogen) atoms. The van der Waals surface area contributed by atoms with E-state index in [2.05, 4.69) is 0 Å². The molecule has 0 aliphatic carbocycles. The molecule has 0 atom stereocenters. The molecule has 0 amide bonds. The second kappa shape index (κ2) is 8.31. The molecule has 0 N–H and O–H groups in total. The van der Waals surface area contributed by atoms with Gasteiger partial charge in [0.25, 0.3) is 5.79 Å². The van der Waals surface area contributed by atoms with Gasteiger partial charge in [-0.2, -0.15) is 0 Å². The van der Waals surface area contributed by atoms with Crippen molar-refractivity contribution in [2.24, 2.45) is 0 Å². The van der Waals surface area contributed by atoms with Crippen molar-refractivity contribution in [1.29, 1.82) is 0 Å². The van der Waals surface area contributed by atoms with Crippen molar-refractivity contribution < 1.29 is 23.7 Å². The monoisotopic (exact) mass is 324 g/mol. The molecule has 1 aromatic carbocycles. The molecule has 0 aliphatic rings. The second-order valence-electron chi connectivity index (χ2n) is 5.94. The SMILES string of the molecule is CCOc1ccc(C(OCC)(OCC)C(=O)OC(C)(C)C)cc1. The largest absolute Gasteiger partial charge is 0.494 e. The molecule has 5 heteroatoms. The van der Waals surface area contributed by atoms with Gasteiger partial charge in [-0.25, -0.2) is 4.79 Å². The van der Waals surface area contributed by atoms with E-state index in [0.717, 1.165) is 5.75 Å². The van der Waals surface area contributed by atoms with Crippen molar-refractivity contribution in [2.75, 3.05) is 19.8 Å². The van der Waals surface area contributed by atoms with E-state index in [-0.39, 0.29) is 0 Å². The Bertz CT molecular complexity index is 481. The van der Waals surface area contributed by atoms with Gasteiger partial charge in [0.2, 0.25) is 0 Å². The summed E-state index contributed by atoms with van der Waals surface area (Å²) in [5.41, 5.74) is -0.0548. The van der Waals surface area contributed by atoms with Crippen molar-refractivity contribution in [3.8, 4) is 5.75 Å². The fraction of sp³-hybridized carbons (Fsp3) is 0.611. The van der Waals surface area contributed by atoms with Gasteiger partial charge in [-0.05, 0) is 65.8 Å². The van der Waals surface area contributed by atoms with Crippen LogP contribution in [0.25, 0.3) is 0 Å². The lowest BCUT2D eigenvalue weighted by Gasteiger charge is -2.34. The molecule has 0 spiro atoms. The predicted molar refractivity (Wildman–Crippen MR) is 88.4 cm³/mol. The zero-order valence-corrected chi connectivity index (χ0v) is 15.0. The minimum atomic E-state index is -1.57. The van der Waals surface area contributed by atoms with Crippen molar-refractivity contribution in [3.63, 3.8) is 0 Å². The standard InChI is InChI=1S/C18H28O5/c1-7-20-15-12-10-14(11-13-15)18(21-8-2,22-9-3)16(19)23-17(4,5)6/h10-13H,7-9H2,1-6H3. The van der Waals surface area contributed by atoms with E-state index < -0.39 is 17.4 Å². The maximum atomic E-state index is 12.8. The summed E-state index contributed by atoms with van der Waals surface area (Å²) in [6.45, 7) is 12.2. The van der Waals surface area contributed by atoms with Crippen LogP contribution in [0, 0.1) is 0 Å². The van der Waals surface area contributed by atoms with Crippen LogP contribution >= 0.6 is 0 Å². The van der Waals surface area contributed by atoms with E-state index in [9.17, 15) is 4.79 Å². The lowest BCUT2D eigenvalue weighted by Crippen LogP contribution is -2.45. The van der Waals surface area contributed by atoms with Gasteiger partial charge in [0.05, 0.1) is 6.61 Å². The zero-order chi connectivity index (χ0) is 17.5. The third-order valence-electron chi connectivity index (χ3n) is 2.91. The quantitative estimate of drug-likeness (QED) is 0.539. The van der Waals surface area contributed by atoms with E-state index in [1.807, 2.05) is 41.5 Å². The average molecular weight is 324 g/mol. The lowest BCUT2D eigenvalue weighted by molar-refractivity contribution is -0.259. The molecule has 0 heterocycles. The Labute approximate surface area is 138 Å². The highest BCUT2D eigenvalue weighted by atomic mass is 16.7. The molecule has 0 bridgehead atoms. The lowest BCUT2D eigenvalue weighted by atomic mass is 10.0. The van der Waals surface area contributed by atoms with Crippen LogP contribution in [-0.4, -0.2) is 31.4 Å². The molecule has 1 aromatic rings.